The van der Waals surface area contributed by atoms with E-state index in [0.29, 0.717) is 0 Å². The van der Waals surface area contributed by atoms with Crippen LogP contribution in [0.3, 0.4) is 0 Å². The maximum absolute atomic E-state index is 8.07. The highest BCUT2D eigenvalue weighted by Gasteiger charge is 1.91. The fraction of sp³-hybridized carbons (Fsp3) is 0.500. The van der Waals surface area contributed by atoms with E-state index < -0.39 is 0 Å². The van der Waals surface area contributed by atoms with Crippen LogP contribution in [-0.4, -0.2) is 6.04 Å². The molecule has 0 aromatic rings. The average Bonchev–Trinajstić information content (AvgIpc) is 1.68. The molecule has 0 aliphatic heterocycles. The van der Waals surface area contributed by atoms with Gasteiger partial charge in [-0.2, -0.15) is 5.26 Å². The molecule has 0 saturated heterocycles. The molecule has 1 unspecified atom stereocenters. The molecule has 0 saturated carbocycles. The highest BCUT2D eigenvalue weighted by Crippen LogP contribution is 1.87. The van der Waals surface area contributed by atoms with Crippen LogP contribution in [0.5, 0.6) is 0 Å². The molecule has 1 atom stereocenters. The predicted octanol–water partition coefficient (Wildman–Crippen LogP) is 1.02. The second-order valence-corrected chi connectivity index (χ2v) is 1.68. The summed E-state index contributed by atoms with van der Waals surface area (Å²) in [6, 6.07) is 0.234. The zero-order valence-electron chi connectivity index (χ0n) is 5.02. The van der Waals surface area contributed by atoms with E-state index in [4.69, 9.17) is 5.26 Å². The minimum Gasteiger partial charge on any atom is -0.321 e. The summed E-state index contributed by atoms with van der Waals surface area (Å²) in [7, 11) is 0. The zero-order valence-corrected chi connectivity index (χ0v) is 5.02. The first-order valence-electron chi connectivity index (χ1n) is 2.56. The van der Waals surface area contributed by atoms with Gasteiger partial charge in [0, 0.05) is 6.04 Å². The standard InChI is InChI=1S/C6H10N2/c1-3-4-6(2)8-5-7/h3,6,8H,1,4H2,2H3. The molecule has 0 amide bonds. The molecule has 2 nitrogen and oxygen atoms in total. The van der Waals surface area contributed by atoms with Crippen LogP contribution in [0, 0.1) is 11.5 Å². The molecular weight excluding hydrogens is 100 g/mol. The zero-order chi connectivity index (χ0) is 6.41. The Morgan fingerprint density at radius 2 is 2.62 bits per heavy atom. The molecule has 0 aliphatic carbocycles. The van der Waals surface area contributed by atoms with Crippen molar-refractivity contribution in [2.75, 3.05) is 0 Å². The van der Waals surface area contributed by atoms with Gasteiger partial charge in [-0.25, -0.2) is 0 Å². The van der Waals surface area contributed by atoms with Crippen LogP contribution in [0.1, 0.15) is 13.3 Å². The third-order valence-corrected chi connectivity index (χ3v) is 0.831. The van der Waals surface area contributed by atoms with Gasteiger partial charge in [-0.15, -0.1) is 6.58 Å². The lowest BCUT2D eigenvalue weighted by atomic mass is 10.2. The van der Waals surface area contributed by atoms with Crippen molar-refractivity contribution in [1.82, 2.24) is 5.32 Å². The van der Waals surface area contributed by atoms with Gasteiger partial charge in [0.25, 0.3) is 0 Å². The van der Waals surface area contributed by atoms with Gasteiger partial charge in [0.05, 0.1) is 0 Å². The normalized spacial score (nSPS) is 11.5. The largest absolute Gasteiger partial charge is 0.321 e. The number of nitrogens with one attached hydrogen (secondary N) is 1. The molecule has 0 aliphatic rings. The summed E-state index contributed by atoms with van der Waals surface area (Å²) in [5.74, 6) is 0. The number of hydrogen-bond acceptors (Lipinski definition) is 2. The summed E-state index contributed by atoms with van der Waals surface area (Å²) in [5.41, 5.74) is 0. The molecule has 44 valence electrons. The number of nitrogens with zero attached hydrogens (tertiary/aromatic N) is 1. The first-order chi connectivity index (χ1) is 3.81. The molecule has 0 aromatic carbocycles. The van der Waals surface area contributed by atoms with E-state index in [2.05, 4.69) is 11.9 Å². The maximum atomic E-state index is 8.07. The molecule has 0 aromatic heterocycles. The fourth-order valence-electron chi connectivity index (χ4n) is 0.419. The fourth-order valence-corrected chi connectivity index (χ4v) is 0.419. The Labute approximate surface area is 49.8 Å². The Hall–Kier alpha value is -0.970. The second-order valence-electron chi connectivity index (χ2n) is 1.68. The topological polar surface area (TPSA) is 35.8 Å². The third kappa shape index (κ3) is 3.23. The van der Waals surface area contributed by atoms with Crippen molar-refractivity contribution in [2.24, 2.45) is 0 Å². The summed E-state index contributed by atoms with van der Waals surface area (Å²) in [6.45, 7) is 5.47. The first kappa shape index (κ1) is 7.03. The van der Waals surface area contributed by atoms with Crippen molar-refractivity contribution in [2.45, 2.75) is 19.4 Å². The molecule has 8 heavy (non-hydrogen) atoms. The Morgan fingerprint density at radius 3 is 3.00 bits per heavy atom. The van der Waals surface area contributed by atoms with Gasteiger partial charge in [0.2, 0.25) is 0 Å². The van der Waals surface area contributed by atoms with Crippen LogP contribution < -0.4 is 5.32 Å². The summed E-state index contributed by atoms with van der Waals surface area (Å²) in [5, 5.41) is 10.6. The van der Waals surface area contributed by atoms with E-state index in [1.165, 1.54) is 0 Å². The van der Waals surface area contributed by atoms with E-state index in [1.807, 2.05) is 13.1 Å². The van der Waals surface area contributed by atoms with Gasteiger partial charge in [0.15, 0.2) is 6.19 Å². The van der Waals surface area contributed by atoms with Crippen molar-refractivity contribution < 1.29 is 0 Å². The molecule has 2 heteroatoms. The molecule has 0 bridgehead atoms. The Morgan fingerprint density at radius 1 is 2.00 bits per heavy atom. The van der Waals surface area contributed by atoms with Gasteiger partial charge >= 0.3 is 0 Å². The van der Waals surface area contributed by atoms with E-state index in [9.17, 15) is 0 Å². The average molecular weight is 110 g/mol. The van der Waals surface area contributed by atoms with E-state index >= 15 is 0 Å². The van der Waals surface area contributed by atoms with Gasteiger partial charge < -0.3 is 5.32 Å². The highest BCUT2D eigenvalue weighted by atomic mass is 14.9. The monoisotopic (exact) mass is 110 g/mol. The van der Waals surface area contributed by atoms with Crippen molar-refractivity contribution in [3.05, 3.63) is 12.7 Å². The third-order valence-electron chi connectivity index (χ3n) is 0.831. The maximum Gasteiger partial charge on any atom is 0.176 e. The Kier molecular flexibility index (Phi) is 3.69. The van der Waals surface area contributed by atoms with Crippen molar-refractivity contribution in [1.29, 1.82) is 5.26 Å². The van der Waals surface area contributed by atoms with Gasteiger partial charge in [-0.1, -0.05) is 6.08 Å². The van der Waals surface area contributed by atoms with Crippen molar-refractivity contribution in [3.63, 3.8) is 0 Å². The molecule has 0 heterocycles. The quantitative estimate of drug-likeness (QED) is 0.334. The molecule has 1 N–H and O–H groups in total. The smallest absolute Gasteiger partial charge is 0.176 e. The minimum atomic E-state index is 0.234. The van der Waals surface area contributed by atoms with Gasteiger partial charge in [0.1, 0.15) is 0 Å². The first-order valence-corrected chi connectivity index (χ1v) is 2.56. The van der Waals surface area contributed by atoms with Crippen LogP contribution in [-0.2, 0) is 0 Å². The lowest BCUT2D eigenvalue weighted by Crippen LogP contribution is -2.19. The van der Waals surface area contributed by atoms with E-state index in [1.54, 1.807) is 6.08 Å². The highest BCUT2D eigenvalue weighted by molar-refractivity contribution is 4.79. The SMILES string of the molecule is C=CCC(C)NC#N. The summed E-state index contributed by atoms with van der Waals surface area (Å²) in [6.07, 6.45) is 4.48. The number of hydrogen-bond donors (Lipinski definition) is 1. The molecule has 0 spiro atoms. The van der Waals surface area contributed by atoms with Crippen LogP contribution in [0.25, 0.3) is 0 Å². The van der Waals surface area contributed by atoms with Crippen LogP contribution >= 0.6 is 0 Å². The number of rotatable bonds is 3. The molecular formula is C6H10N2. The summed E-state index contributed by atoms with van der Waals surface area (Å²) < 4.78 is 0. The summed E-state index contributed by atoms with van der Waals surface area (Å²) in [4.78, 5) is 0. The molecule has 0 rings (SSSR count). The van der Waals surface area contributed by atoms with Gasteiger partial charge in [-0.3, -0.25) is 0 Å². The molecule has 0 radical (unpaired) electrons. The number of nitriles is 1. The van der Waals surface area contributed by atoms with Crippen molar-refractivity contribution >= 4 is 0 Å². The lowest BCUT2D eigenvalue weighted by Gasteiger charge is -2.02. The molecule has 0 fully saturated rings. The van der Waals surface area contributed by atoms with Crippen LogP contribution in [0.2, 0.25) is 0 Å². The van der Waals surface area contributed by atoms with E-state index in [0.717, 1.165) is 6.42 Å². The Bertz CT molecular complexity index is 102. The van der Waals surface area contributed by atoms with Crippen LogP contribution in [0.4, 0.5) is 0 Å². The lowest BCUT2D eigenvalue weighted by molar-refractivity contribution is 0.659. The van der Waals surface area contributed by atoms with E-state index in [-0.39, 0.29) is 6.04 Å². The predicted molar refractivity (Wildman–Crippen MR) is 33.0 cm³/mol. The van der Waals surface area contributed by atoms with Crippen molar-refractivity contribution in [3.8, 4) is 6.19 Å². The van der Waals surface area contributed by atoms with Crippen LogP contribution in [0.15, 0.2) is 12.7 Å². The Balaban J connectivity index is 3.20. The minimum absolute atomic E-state index is 0.234. The van der Waals surface area contributed by atoms with Gasteiger partial charge in [-0.05, 0) is 13.3 Å². The second kappa shape index (κ2) is 4.20. The summed E-state index contributed by atoms with van der Waals surface area (Å²) >= 11 is 0.